The molecule has 6 heteroatoms. The molecule has 0 N–H and O–H groups in total. The van der Waals surface area contributed by atoms with E-state index in [0.29, 0.717) is 0 Å². The number of halogens is 2. The van der Waals surface area contributed by atoms with E-state index in [-0.39, 0.29) is 11.6 Å². The molecule has 0 saturated carbocycles. The maximum absolute atomic E-state index is 14.8. The van der Waals surface area contributed by atoms with Gasteiger partial charge in [0.05, 0.1) is 21.6 Å². The van der Waals surface area contributed by atoms with Gasteiger partial charge in [-0.2, -0.15) is 0 Å². The maximum Gasteiger partial charge on any atom is 0.123 e. The van der Waals surface area contributed by atoms with Gasteiger partial charge < -0.3 is 9.80 Å². The zero-order valence-corrected chi connectivity index (χ0v) is 42.8. The lowest BCUT2D eigenvalue weighted by Gasteiger charge is -2.33. The van der Waals surface area contributed by atoms with Crippen LogP contribution < -0.4 is 20.2 Å². The molecule has 0 aromatic heterocycles. The van der Waals surface area contributed by atoms with E-state index in [4.69, 9.17) is 0 Å². The van der Waals surface area contributed by atoms with Crippen molar-refractivity contribution in [3.8, 4) is 44.5 Å². The van der Waals surface area contributed by atoms with Crippen LogP contribution in [-0.2, 0) is 5.41 Å². The van der Waals surface area contributed by atoms with Crippen LogP contribution in [0.4, 0.5) is 42.9 Å². The summed E-state index contributed by atoms with van der Waals surface area (Å²) in [6.45, 7) is 14.2. The van der Waals surface area contributed by atoms with Gasteiger partial charge in [0, 0.05) is 34.1 Å². The molecular formula is C65H52F2N2Si2. The number of benzene rings is 10. The Hall–Kier alpha value is -7.65. The highest BCUT2D eigenvalue weighted by molar-refractivity contribution is 6.89. The standard InChI is InChI=1S/C65H52F2N2Si2/c1-70(2,3)49-32-26-45(27-33-49)68(43-22-18-41(66)19-23-43)47-30-36-53-54-37-31-48(69(44-24-20-42(67)21-25-44)46-28-34-50(35-29-46)71(4,5)6)39-61(54)65(60(53)38-47)59-17-10-9-14-56(59)64-57-16-11-15-55-51-12-7-8-13-52(51)58(63(55)57)40-62(64)65/h7-40H,1-6H3. The van der Waals surface area contributed by atoms with E-state index in [1.807, 2.05) is 24.3 Å². The van der Waals surface area contributed by atoms with Gasteiger partial charge in [0.15, 0.2) is 0 Å². The lowest BCUT2D eigenvalue weighted by atomic mass is 9.70. The van der Waals surface area contributed by atoms with Crippen LogP contribution in [0.3, 0.4) is 0 Å². The minimum Gasteiger partial charge on any atom is -0.310 e. The molecule has 2 nitrogen and oxygen atoms in total. The average Bonchev–Trinajstić information content (AvgIpc) is 3.97. The van der Waals surface area contributed by atoms with Crippen molar-refractivity contribution < 1.29 is 8.78 Å². The summed E-state index contributed by atoms with van der Waals surface area (Å²) in [6, 6.07) is 73.0. The van der Waals surface area contributed by atoms with E-state index >= 15 is 0 Å². The fraction of sp³-hybridized carbons (Fsp3) is 0.108. The minimum atomic E-state index is -1.60. The minimum absolute atomic E-state index is 0.270. The zero-order chi connectivity index (χ0) is 48.6. The zero-order valence-electron chi connectivity index (χ0n) is 40.8. The molecule has 0 atom stereocenters. The van der Waals surface area contributed by atoms with Gasteiger partial charge in [-0.1, -0.05) is 153 Å². The number of nitrogens with zero attached hydrogens (tertiary/aromatic N) is 2. The van der Waals surface area contributed by atoms with Crippen molar-refractivity contribution in [1.29, 1.82) is 0 Å². The lowest BCUT2D eigenvalue weighted by Crippen LogP contribution is -2.37. The molecule has 0 radical (unpaired) electrons. The lowest BCUT2D eigenvalue weighted by molar-refractivity contribution is 0.627. The van der Waals surface area contributed by atoms with Crippen LogP contribution >= 0.6 is 0 Å². The summed E-state index contributed by atoms with van der Waals surface area (Å²) >= 11 is 0. The maximum atomic E-state index is 14.8. The van der Waals surface area contributed by atoms with Crippen molar-refractivity contribution in [2.45, 2.75) is 44.7 Å². The van der Waals surface area contributed by atoms with Gasteiger partial charge in [0.1, 0.15) is 11.6 Å². The smallest absolute Gasteiger partial charge is 0.123 e. The molecule has 0 fully saturated rings. The molecule has 10 aromatic rings. The van der Waals surface area contributed by atoms with Crippen LogP contribution in [0.2, 0.25) is 39.3 Å². The van der Waals surface area contributed by atoms with Crippen molar-refractivity contribution in [2.75, 3.05) is 9.80 Å². The topological polar surface area (TPSA) is 6.48 Å². The Labute approximate surface area is 417 Å². The average molecular weight is 955 g/mol. The SMILES string of the molecule is C[Si](C)(C)c1ccc(N(c2ccc(F)cc2)c2ccc3c(c2)C2(c4cc(N(c5ccc(F)cc5)c5ccc([Si](C)(C)C)cc5)ccc4-3)c3ccccc3-c3c2cc2c4c(cccc34)-c3ccccc3-2)cc1. The molecule has 0 saturated heterocycles. The van der Waals surface area contributed by atoms with E-state index in [9.17, 15) is 8.78 Å². The van der Waals surface area contributed by atoms with Gasteiger partial charge in [-0.3, -0.25) is 0 Å². The first kappa shape index (κ1) is 43.4. The Bertz CT molecular complexity index is 3640. The van der Waals surface area contributed by atoms with Crippen LogP contribution in [0, 0.1) is 11.6 Å². The quantitative estimate of drug-likeness (QED) is 0.140. The first-order chi connectivity index (χ1) is 34.3. The second-order valence-corrected chi connectivity index (χ2v) is 31.7. The monoisotopic (exact) mass is 954 g/mol. The number of fused-ring (bicyclic) bond motifs is 14. The summed E-state index contributed by atoms with van der Waals surface area (Å²) in [7, 11) is -3.20. The molecular weight excluding hydrogens is 903 g/mol. The molecule has 3 aliphatic rings. The molecule has 344 valence electrons. The third-order valence-corrected chi connectivity index (χ3v) is 19.6. The molecule has 10 aromatic carbocycles. The predicted molar refractivity (Wildman–Crippen MR) is 300 cm³/mol. The summed E-state index contributed by atoms with van der Waals surface area (Å²) in [5.41, 5.74) is 19.8. The van der Waals surface area contributed by atoms with Crippen LogP contribution in [0.1, 0.15) is 22.3 Å². The van der Waals surface area contributed by atoms with Crippen molar-refractivity contribution >= 4 is 71.4 Å². The molecule has 71 heavy (non-hydrogen) atoms. The summed E-state index contributed by atoms with van der Waals surface area (Å²) in [4.78, 5) is 4.56. The second kappa shape index (κ2) is 15.7. The summed E-state index contributed by atoms with van der Waals surface area (Å²) in [5.74, 6) is -0.541. The van der Waals surface area contributed by atoms with Crippen molar-refractivity contribution in [1.82, 2.24) is 0 Å². The molecule has 3 aliphatic carbocycles. The van der Waals surface area contributed by atoms with E-state index in [2.05, 4.69) is 207 Å². The Morgan fingerprint density at radius 3 is 1.21 bits per heavy atom. The highest BCUT2D eigenvalue weighted by Gasteiger charge is 2.53. The van der Waals surface area contributed by atoms with Crippen LogP contribution in [-0.4, -0.2) is 16.1 Å². The highest BCUT2D eigenvalue weighted by Crippen LogP contribution is 2.66. The third-order valence-electron chi connectivity index (χ3n) is 15.4. The van der Waals surface area contributed by atoms with Crippen molar-refractivity contribution in [3.05, 3.63) is 240 Å². The molecule has 0 amide bonds. The molecule has 0 aliphatic heterocycles. The highest BCUT2D eigenvalue weighted by atomic mass is 28.3. The molecule has 0 bridgehead atoms. The Balaban J connectivity index is 1.11. The summed E-state index contributed by atoms with van der Waals surface area (Å²) in [6.07, 6.45) is 0. The van der Waals surface area contributed by atoms with E-state index in [0.717, 1.165) is 34.1 Å². The summed E-state index contributed by atoms with van der Waals surface area (Å²) in [5, 5.41) is 5.31. The van der Waals surface area contributed by atoms with E-state index < -0.39 is 21.6 Å². The van der Waals surface area contributed by atoms with Crippen LogP contribution in [0.15, 0.2) is 206 Å². The number of hydrogen-bond donors (Lipinski definition) is 0. The fourth-order valence-electron chi connectivity index (χ4n) is 12.1. The second-order valence-electron chi connectivity index (χ2n) is 21.6. The number of anilines is 6. The van der Waals surface area contributed by atoms with Gasteiger partial charge in [-0.25, -0.2) is 8.78 Å². The number of rotatable bonds is 8. The third kappa shape index (κ3) is 6.54. The van der Waals surface area contributed by atoms with Gasteiger partial charge in [0.2, 0.25) is 0 Å². The number of hydrogen-bond acceptors (Lipinski definition) is 2. The molecule has 0 heterocycles. The Morgan fingerprint density at radius 1 is 0.324 bits per heavy atom. The van der Waals surface area contributed by atoms with Gasteiger partial charge in [-0.15, -0.1) is 0 Å². The van der Waals surface area contributed by atoms with Gasteiger partial charge in [-0.05, 0) is 181 Å². The normalized spacial score (nSPS) is 13.5. The van der Waals surface area contributed by atoms with Gasteiger partial charge in [0.25, 0.3) is 0 Å². The first-order valence-electron chi connectivity index (χ1n) is 24.7. The molecule has 0 unspecified atom stereocenters. The van der Waals surface area contributed by atoms with Crippen LogP contribution in [0.25, 0.3) is 55.3 Å². The van der Waals surface area contributed by atoms with Crippen molar-refractivity contribution in [3.63, 3.8) is 0 Å². The molecule has 13 rings (SSSR count). The molecule has 1 spiro atoms. The predicted octanol–water partition coefficient (Wildman–Crippen LogP) is 17.1. The fourth-order valence-corrected chi connectivity index (χ4v) is 14.4. The first-order valence-corrected chi connectivity index (χ1v) is 31.7. The van der Waals surface area contributed by atoms with Gasteiger partial charge >= 0.3 is 0 Å². The van der Waals surface area contributed by atoms with E-state index in [1.54, 1.807) is 24.3 Å². The van der Waals surface area contributed by atoms with E-state index in [1.165, 1.54) is 87.9 Å². The van der Waals surface area contributed by atoms with Crippen LogP contribution in [0.5, 0.6) is 0 Å². The summed E-state index contributed by atoms with van der Waals surface area (Å²) < 4.78 is 29.6. The largest absolute Gasteiger partial charge is 0.310 e. The Morgan fingerprint density at radius 2 is 0.732 bits per heavy atom. The Kier molecular flexibility index (Phi) is 9.58. The van der Waals surface area contributed by atoms with Crippen molar-refractivity contribution in [2.24, 2.45) is 0 Å².